The molecular formula is C15H22O4. The van der Waals surface area contributed by atoms with Crippen molar-refractivity contribution in [3.8, 4) is 11.5 Å². The summed E-state index contributed by atoms with van der Waals surface area (Å²) in [6.07, 6.45) is 0.589. The van der Waals surface area contributed by atoms with E-state index in [-0.39, 0.29) is 5.97 Å². The Morgan fingerprint density at radius 2 is 1.63 bits per heavy atom. The average Bonchev–Trinajstić information content (AvgIpc) is 2.39. The molecule has 0 aliphatic heterocycles. The van der Waals surface area contributed by atoms with E-state index >= 15 is 0 Å². The topological polar surface area (TPSA) is 44.8 Å². The normalized spacial score (nSPS) is 11.1. The summed E-state index contributed by atoms with van der Waals surface area (Å²) in [6, 6.07) is 3.83. The summed E-state index contributed by atoms with van der Waals surface area (Å²) < 4.78 is 15.4. The lowest BCUT2D eigenvalue weighted by Gasteiger charge is -2.23. The average molecular weight is 266 g/mol. The van der Waals surface area contributed by atoms with E-state index in [1.165, 1.54) is 7.11 Å². The van der Waals surface area contributed by atoms with Gasteiger partial charge in [-0.15, -0.1) is 0 Å². The van der Waals surface area contributed by atoms with Crippen molar-refractivity contribution >= 4 is 5.97 Å². The summed E-state index contributed by atoms with van der Waals surface area (Å²) in [5.41, 5.74) is 1.54. The van der Waals surface area contributed by atoms with E-state index in [9.17, 15) is 4.79 Å². The van der Waals surface area contributed by atoms with Gasteiger partial charge in [0.2, 0.25) is 0 Å². The third-order valence-electron chi connectivity index (χ3n) is 3.21. The number of benzene rings is 1. The van der Waals surface area contributed by atoms with Crippen molar-refractivity contribution in [2.75, 3.05) is 21.3 Å². The lowest BCUT2D eigenvalue weighted by molar-refractivity contribution is -0.150. The van der Waals surface area contributed by atoms with Gasteiger partial charge in [-0.25, -0.2) is 0 Å². The minimum atomic E-state index is -0.570. The van der Waals surface area contributed by atoms with Crippen LogP contribution in [-0.2, 0) is 16.0 Å². The molecule has 0 fully saturated rings. The fourth-order valence-corrected chi connectivity index (χ4v) is 2.04. The monoisotopic (exact) mass is 266 g/mol. The van der Waals surface area contributed by atoms with Crippen LogP contribution in [0.2, 0.25) is 0 Å². The zero-order valence-electron chi connectivity index (χ0n) is 12.5. The molecule has 0 saturated carbocycles. The molecule has 0 radical (unpaired) electrons. The highest BCUT2D eigenvalue weighted by Crippen LogP contribution is 2.33. The maximum Gasteiger partial charge on any atom is 0.311 e. The van der Waals surface area contributed by atoms with Crippen LogP contribution in [-0.4, -0.2) is 27.3 Å². The van der Waals surface area contributed by atoms with Crippen LogP contribution in [0.1, 0.15) is 25.0 Å². The van der Waals surface area contributed by atoms with Gasteiger partial charge >= 0.3 is 5.97 Å². The fourth-order valence-electron chi connectivity index (χ4n) is 2.04. The van der Waals surface area contributed by atoms with E-state index in [0.29, 0.717) is 17.9 Å². The number of methoxy groups -OCH3 is 3. The lowest BCUT2D eigenvalue weighted by Crippen LogP contribution is -2.28. The first kappa shape index (κ1) is 15.3. The number of rotatable bonds is 5. The number of esters is 1. The van der Waals surface area contributed by atoms with Crippen LogP contribution in [0.3, 0.4) is 0 Å². The summed E-state index contributed by atoms with van der Waals surface area (Å²) in [7, 11) is 4.61. The summed E-state index contributed by atoms with van der Waals surface area (Å²) >= 11 is 0. The zero-order valence-corrected chi connectivity index (χ0v) is 12.5. The maximum absolute atomic E-state index is 11.7. The Kier molecular flexibility index (Phi) is 4.81. The smallest absolute Gasteiger partial charge is 0.311 e. The largest absolute Gasteiger partial charge is 0.493 e. The first-order valence-electron chi connectivity index (χ1n) is 6.15. The van der Waals surface area contributed by atoms with Crippen LogP contribution >= 0.6 is 0 Å². The highest BCUT2D eigenvalue weighted by molar-refractivity contribution is 5.76. The summed E-state index contributed by atoms with van der Waals surface area (Å²) in [5, 5.41) is 0. The van der Waals surface area contributed by atoms with Gasteiger partial charge in [-0.2, -0.15) is 0 Å². The second kappa shape index (κ2) is 5.95. The predicted molar refractivity (Wildman–Crippen MR) is 73.8 cm³/mol. The number of carbonyl (C=O) groups excluding carboxylic acids is 1. The van der Waals surface area contributed by atoms with Crippen LogP contribution in [0.4, 0.5) is 0 Å². The van der Waals surface area contributed by atoms with Crippen molar-refractivity contribution in [1.29, 1.82) is 0 Å². The quantitative estimate of drug-likeness (QED) is 0.769. The van der Waals surface area contributed by atoms with Gasteiger partial charge in [-0.1, -0.05) is 0 Å². The van der Waals surface area contributed by atoms with Crippen molar-refractivity contribution in [3.63, 3.8) is 0 Å². The van der Waals surface area contributed by atoms with Crippen LogP contribution in [0.5, 0.6) is 11.5 Å². The van der Waals surface area contributed by atoms with E-state index in [4.69, 9.17) is 14.2 Å². The molecule has 0 heterocycles. The van der Waals surface area contributed by atoms with E-state index < -0.39 is 5.41 Å². The van der Waals surface area contributed by atoms with E-state index in [1.807, 2.05) is 32.9 Å². The first-order chi connectivity index (χ1) is 8.85. The molecule has 106 valence electrons. The molecule has 0 bridgehead atoms. The Morgan fingerprint density at radius 1 is 1.11 bits per heavy atom. The minimum absolute atomic E-state index is 0.221. The Labute approximate surface area is 114 Å². The molecule has 19 heavy (non-hydrogen) atoms. The number of hydrogen-bond acceptors (Lipinski definition) is 4. The molecule has 1 rings (SSSR count). The standard InChI is InChI=1S/C15H22O4/c1-10-7-12(17-4)13(18-5)8-11(10)9-15(2,3)14(16)19-6/h7-8H,9H2,1-6H3. The Balaban J connectivity index is 3.11. The summed E-state index contributed by atoms with van der Waals surface area (Å²) in [5.74, 6) is 1.14. The van der Waals surface area contributed by atoms with Crippen LogP contribution in [0.15, 0.2) is 12.1 Å². The minimum Gasteiger partial charge on any atom is -0.493 e. The molecule has 4 nitrogen and oxygen atoms in total. The van der Waals surface area contributed by atoms with Crippen molar-refractivity contribution < 1.29 is 19.0 Å². The molecule has 0 amide bonds. The zero-order chi connectivity index (χ0) is 14.6. The van der Waals surface area contributed by atoms with Gasteiger partial charge in [0.1, 0.15) is 0 Å². The molecule has 0 spiro atoms. The van der Waals surface area contributed by atoms with Gasteiger partial charge in [0.05, 0.1) is 26.7 Å². The molecular weight excluding hydrogens is 244 g/mol. The van der Waals surface area contributed by atoms with Gasteiger partial charge in [0, 0.05) is 0 Å². The van der Waals surface area contributed by atoms with Crippen LogP contribution < -0.4 is 9.47 Å². The Morgan fingerprint density at radius 3 is 2.11 bits per heavy atom. The molecule has 0 unspecified atom stereocenters. The predicted octanol–water partition coefficient (Wildman–Crippen LogP) is 2.75. The molecule has 1 aromatic rings. The van der Waals surface area contributed by atoms with Gasteiger partial charge in [-0.05, 0) is 50.5 Å². The summed E-state index contributed by atoms with van der Waals surface area (Å²) in [6.45, 7) is 5.73. The van der Waals surface area contributed by atoms with Crippen molar-refractivity contribution in [1.82, 2.24) is 0 Å². The maximum atomic E-state index is 11.7. The lowest BCUT2D eigenvalue weighted by atomic mass is 9.84. The Hall–Kier alpha value is -1.71. The molecule has 0 N–H and O–H groups in total. The molecule has 0 aromatic heterocycles. The summed E-state index contributed by atoms with van der Waals surface area (Å²) in [4.78, 5) is 11.7. The first-order valence-corrected chi connectivity index (χ1v) is 6.15. The highest BCUT2D eigenvalue weighted by Gasteiger charge is 2.29. The second-order valence-electron chi connectivity index (χ2n) is 5.19. The van der Waals surface area contributed by atoms with Gasteiger partial charge in [0.15, 0.2) is 11.5 Å². The number of carbonyl (C=O) groups is 1. The molecule has 1 aromatic carbocycles. The number of aryl methyl sites for hydroxylation is 1. The number of hydrogen-bond donors (Lipinski definition) is 0. The van der Waals surface area contributed by atoms with Crippen molar-refractivity contribution in [2.24, 2.45) is 5.41 Å². The molecule has 0 aliphatic rings. The van der Waals surface area contributed by atoms with Gasteiger partial charge in [0.25, 0.3) is 0 Å². The van der Waals surface area contributed by atoms with Crippen LogP contribution in [0.25, 0.3) is 0 Å². The molecule has 0 atom stereocenters. The second-order valence-corrected chi connectivity index (χ2v) is 5.19. The number of ether oxygens (including phenoxy) is 3. The third kappa shape index (κ3) is 3.40. The Bertz CT molecular complexity index is 463. The van der Waals surface area contributed by atoms with Gasteiger partial charge in [-0.3, -0.25) is 4.79 Å². The third-order valence-corrected chi connectivity index (χ3v) is 3.21. The van der Waals surface area contributed by atoms with E-state index in [0.717, 1.165) is 11.1 Å². The molecule has 4 heteroatoms. The SMILES string of the molecule is COC(=O)C(C)(C)Cc1cc(OC)c(OC)cc1C. The van der Waals surface area contributed by atoms with Crippen LogP contribution in [0, 0.1) is 12.3 Å². The van der Waals surface area contributed by atoms with Crippen molar-refractivity contribution in [3.05, 3.63) is 23.3 Å². The highest BCUT2D eigenvalue weighted by atomic mass is 16.5. The molecule has 0 saturated heterocycles. The fraction of sp³-hybridized carbons (Fsp3) is 0.533. The van der Waals surface area contributed by atoms with E-state index in [2.05, 4.69) is 0 Å². The van der Waals surface area contributed by atoms with Crippen molar-refractivity contribution in [2.45, 2.75) is 27.2 Å². The molecule has 0 aliphatic carbocycles. The van der Waals surface area contributed by atoms with E-state index in [1.54, 1.807) is 14.2 Å². The van der Waals surface area contributed by atoms with Gasteiger partial charge < -0.3 is 14.2 Å².